The number of hydrogen-bond acceptors (Lipinski definition) is 3. The molecular formula is C25H28F4N2O3. The molecule has 184 valence electrons. The van der Waals surface area contributed by atoms with Gasteiger partial charge in [0.05, 0.1) is 0 Å². The second-order valence-electron chi connectivity index (χ2n) is 8.66. The molecule has 2 aromatic carbocycles. The molecule has 4 rings (SSSR count). The van der Waals surface area contributed by atoms with Crippen molar-refractivity contribution in [3.05, 3.63) is 71.5 Å². The van der Waals surface area contributed by atoms with Gasteiger partial charge < -0.3 is 15.3 Å². The molecule has 9 heteroatoms. The predicted octanol–water partition coefficient (Wildman–Crippen LogP) is 3.99. The molecule has 2 aliphatic rings. The van der Waals surface area contributed by atoms with Crippen LogP contribution in [0.5, 0.6) is 0 Å². The maximum Gasteiger partial charge on any atom is 0.404 e. The van der Waals surface area contributed by atoms with Crippen LogP contribution in [0.4, 0.5) is 17.6 Å². The molecule has 5 nitrogen and oxygen atoms in total. The van der Waals surface area contributed by atoms with E-state index in [4.69, 9.17) is 5.11 Å². The SMILES string of the molecule is CO.O=C1CC2(CCN(C(=O)[C@H](c3ccccc3)C(F)(F)F)CC2)C(c2cccc(F)c2)CN1. The van der Waals surface area contributed by atoms with Gasteiger partial charge >= 0.3 is 6.18 Å². The van der Waals surface area contributed by atoms with Gasteiger partial charge in [-0.3, -0.25) is 9.59 Å². The maximum atomic E-state index is 13.8. The summed E-state index contributed by atoms with van der Waals surface area (Å²) in [5.74, 6) is -3.86. The van der Waals surface area contributed by atoms with Crippen LogP contribution in [0.2, 0.25) is 0 Å². The maximum absolute atomic E-state index is 13.8. The zero-order valence-electron chi connectivity index (χ0n) is 18.8. The third kappa shape index (κ3) is 5.41. The Morgan fingerprint density at radius 1 is 1.09 bits per heavy atom. The molecule has 0 aliphatic carbocycles. The lowest BCUT2D eigenvalue weighted by atomic mass is 9.62. The van der Waals surface area contributed by atoms with Gasteiger partial charge in [-0.25, -0.2) is 4.39 Å². The van der Waals surface area contributed by atoms with E-state index in [2.05, 4.69) is 5.32 Å². The molecule has 2 saturated heterocycles. The number of rotatable bonds is 3. The van der Waals surface area contributed by atoms with Crippen LogP contribution in [0.3, 0.4) is 0 Å². The summed E-state index contributed by atoms with van der Waals surface area (Å²) in [4.78, 5) is 26.4. The third-order valence-corrected chi connectivity index (χ3v) is 6.78. The van der Waals surface area contributed by atoms with E-state index in [1.807, 2.05) is 0 Å². The summed E-state index contributed by atoms with van der Waals surface area (Å²) >= 11 is 0. The highest BCUT2D eigenvalue weighted by atomic mass is 19.4. The van der Waals surface area contributed by atoms with Crippen LogP contribution in [0.25, 0.3) is 0 Å². The predicted molar refractivity (Wildman–Crippen MR) is 118 cm³/mol. The fraction of sp³-hybridized carbons (Fsp3) is 0.440. The van der Waals surface area contributed by atoms with E-state index in [1.165, 1.54) is 41.3 Å². The topological polar surface area (TPSA) is 69.6 Å². The molecule has 2 amide bonds. The number of piperidine rings is 2. The Bertz CT molecular complexity index is 989. The van der Waals surface area contributed by atoms with Gasteiger partial charge in [0.15, 0.2) is 5.92 Å². The second kappa shape index (κ2) is 10.5. The van der Waals surface area contributed by atoms with E-state index in [9.17, 15) is 27.2 Å². The molecule has 2 aromatic rings. The lowest BCUT2D eigenvalue weighted by molar-refractivity contribution is -0.173. The molecule has 0 aromatic heterocycles. The van der Waals surface area contributed by atoms with Gasteiger partial charge in [-0.15, -0.1) is 0 Å². The lowest BCUT2D eigenvalue weighted by Crippen LogP contribution is -2.54. The molecule has 34 heavy (non-hydrogen) atoms. The van der Waals surface area contributed by atoms with Gasteiger partial charge in [0.25, 0.3) is 0 Å². The Hall–Kier alpha value is -2.94. The van der Waals surface area contributed by atoms with Crippen molar-refractivity contribution < 1.29 is 32.3 Å². The Balaban J connectivity index is 0.00000158. The average molecular weight is 481 g/mol. The highest BCUT2D eigenvalue weighted by molar-refractivity contribution is 5.85. The molecule has 2 aliphatic heterocycles. The van der Waals surface area contributed by atoms with Crippen molar-refractivity contribution >= 4 is 11.8 Å². The quantitative estimate of drug-likeness (QED) is 0.653. The van der Waals surface area contributed by atoms with E-state index >= 15 is 0 Å². The number of nitrogens with zero attached hydrogens (tertiary/aromatic N) is 1. The first-order valence-corrected chi connectivity index (χ1v) is 11.1. The number of aliphatic hydroxyl groups excluding tert-OH is 1. The molecule has 1 unspecified atom stereocenters. The summed E-state index contributed by atoms with van der Waals surface area (Å²) in [6.45, 7) is 0.583. The molecule has 0 bridgehead atoms. The first kappa shape index (κ1) is 25.7. The first-order chi connectivity index (χ1) is 16.2. The van der Waals surface area contributed by atoms with Crippen LogP contribution in [-0.4, -0.2) is 54.7 Å². The number of carbonyl (C=O) groups is 2. The summed E-state index contributed by atoms with van der Waals surface area (Å²) in [5, 5.41) is 9.82. The van der Waals surface area contributed by atoms with Crippen molar-refractivity contribution in [2.24, 2.45) is 5.41 Å². The van der Waals surface area contributed by atoms with Crippen LogP contribution in [0.1, 0.15) is 42.2 Å². The zero-order chi connectivity index (χ0) is 24.9. The molecule has 2 atom stereocenters. The molecular weight excluding hydrogens is 452 g/mol. The highest BCUT2D eigenvalue weighted by Gasteiger charge is 2.51. The van der Waals surface area contributed by atoms with Crippen molar-refractivity contribution in [1.82, 2.24) is 10.2 Å². The minimum absolute atomic E-state index is 0.0834. The normalized spacial score (nSPS) is 20.7. The number of carbonyl (C=O) groups excluding carboxylic acids is 2. The van der Waals surface area contributed by atoms with Crippen molar-refractivity contribution in [3.8, 4) is 0 Å². The van der Waals surface area contributed by atoms with Gasteiger partial charge in [-0.05, 0) is 41.5 Å². The molecule has 2 fully saturated rings. The number of likely N-dealkylation sites (tertiary alicyclic amines) is 1. The summed E-state index contributed by atoms with van der Waals surface area (Å²) in [6.07, 6.45) is -3.74. The number of benzene rings is 2. The Morgan fingerprint density at radius 2 is 1.74 bits per heavy atom. The summed E-state index contributed by atoms with van der Waals surface area (Å²) < 4.78 is 55.2. The van der Waals surface area contributed by atoms with Crippen molar-refractivity contribution in [2.75, 3.05) is 26.7 Å². The smallest absolute Gasteiger partial charge is 0.400 e. The number of nitrogens with one attached hydrogen (secondary N) is 1. The fourth-order valence-corrected chi connectivity index (χ4v) is 5.13. The van der Waals surface area contributed by atoms with Gasteiger partial charge in [0, 0.05) is 39.1 Å². The van der Waals surface area contributed by atoms with Gasteiger partial charge in [0.2, 0.25) is 11.8 Å². The third-order valence-electron chi connectivity index (χ3n) is 6.78. The van der Waals surface area contributed by atoms with E-state index in [-0.39, 0.29) is 42.7 Å². The Kier molecular flexibility index (Phi) is 7.97. The van der Waals surface area contributed by atoms with Gasteiger partial charge in [-0.1, -0.05) is 42.5 Å². The molecule has 2 N–H and O–H groups in total. The standard InChI is InChI=1S/C24H24F4N2O2.CH4O/c25-18-8-4-7-17(13-18)19-15-29-20(31)14-23(19)9-11-30(12-10-23)22(32)21(24(26,27)28)16-5-2-1-3-6-16;1-2/h1-8,13,19,21H,9-12,14-15H2,(H,29,31);2H,1H3/t19?,21-;/m0./s1. The molecule has 0 saturated carbocycles. The first-order valence-electron chi connectivity index (χ1n) is 11.1. The monoisotopic (exact) mass is 480 g/mol. The van der Waals surface area contributed by atoms with Crippen LogP contribution >= 0.6 is 0 Å². The molecule has 0 radical (unpaired) electrons. The molecule has 2 heterocycles. The van der Waals surface area contributed by atoms with E-state index in [0.717, 1.165) is 12.7 Å². The summed E-state index contributed by atoms with van der Waals surface area (Å²) in [5.41, 5.74) is 0.148. The van der Waals surface area contributed by atoms with Crippen molar-refractivity contribution in [3.63, 3.8) is 0 Å². The minimum Gasteiger partial charge on any atom is -0.400 e. The number of amides is 2. The number of aliphatic hydroxyl groups is 1. The van der Waals surface area contributed by atoms with Crippen molar-refractivity contribution in [2.45, 2.75) is 37.3 Å². The Morgan fingerprint density at radius 3 is 2.32 bits per heavy atom. The minimum atomic E-state index is -4.71. The van der Waals surface area contributed by atoms with Crippen LogP contribution in [-0.2, 0) is 9.59 Å². The average Bonchev–Trinajstić information content (AvgIpc) is 2.81. The lowest BCUT2D eigenvalue weighted by Gasteiger charge is -2.49. The van der Waals surface area contributed by atoms with E-state index in [0.29, 0.717) is 19.4 Å². The Labute approximate surface area is 195 Å². The molecule has 1 spiro atoms. The fourth-order valence-electron chi connectivity index (χ4n) is 5.13. The largest absolute Gasteiger partial charge is 0.404 e. The second-order valence-corrected chi connectivity index (χ2v) is 8.66. The number of halogens is 4. The van der Waals surface area contributed by atoms with Gasteiger partial charge in [-0.2, -0.15) is 13.2 Å². The van der Waals surface area contributed by atoms with E-state index < -0.39 is 23.4 Å². The van der Waals surface area contributed by atoms with Gasteiger partial charge in [0.1, 0.15) is 5.82 Å². The van der Waals surface area contributed by atoms with Crippen LogP contribution in [0.15, 0.2) is 54.6 Å². The van der Waals surface area contributed by atoms with Crippen molar-refractivity contribution in [1.29, 1.82) is 0 Å². The number of alkyl halides is 3. The highest BCUT2D eigenvalue weighted by Crippen LogP contribution is 2.49. The summed E-state index contributed by atoms with van der Waals surface area (Å²) in [7, 11) is 1.00. The van der Waals surface area contributed by atoms with Crippen LogP contribution in [0, 0.1) is 11.2 Å². The number of hydrogen-bond donors (Lipinski definition) is 2. The van der Waals surface area contributed by atoms with E-state index in [1.54, 1.807) is 18.2 Å². The summed E-state index contributed by atoms with van der Waals surface area (Å²) in [6, 6.07) is 13.4. The zero-order valence-corrected chi connectivity index (χ0v) is 18.8. The van der Waals surface area contributed by atoms with Crippen LogP contribution < -0.4 is 5.32 Å².